The van der Waals surface area contributed by atoms with Crippen LogP contribution in [0.1, 0.15) is 37.0 Å². The maximum atomic E-state index is 11.9. The van der Waals surface area contributed by atoms with Crippen molar-refractivity contribution >= 4 is 34.2 Å². The molecule has 2 aromatic rings. The Hall–Kier alpha value is -2.68. The topological polar surface area (TPSA) is 113 Å². The van der Waals surface area contributed by atoms with Crippen LogP contribution in [0.5, 0.6) is 0 Å². The molecule has 0 radical (unpaired) electrons. The van der Waals surface area contributed by atoms with Crippen molar-refractivity contribution in [1.82, 2.24) is 15.6 Å². The highest BCUT2D eigenvalue weighted by Gasteiger charge is 2.15. The first-order chi connectivity index (χ1) is 11.7. The fourth-order valence-corrected chi connectivity index (χ4v) is 2.59. The molecule has 0 unspecified atom stereocenters. The number of nitrogens with one attached hydrogen (secondary N) is 3. The third-order valence-corrected chi connectivity index (χ3v) is 3.63. The van der Waals surface area contributed by atoms with Gasteiger partial charge in [0.2, 0.25) is 11.8 Å². The van der Waals surface area contributed by atoms with E-state index in [1.165, 1.54) is 17.6 Å². The van der Waals surface area contributed by atoms with Gasteiger partial charge < -0.3 is 15.1 Å². The lowest BCUT2D eigenvalue weighted by Gasteiger charge is -2.20. The zero-order valence-corrected chi connectivity index (χ0v) is 15.0. The molecule has 25 heavy (non-hydrogen) atoms. The predicted octanol–water partition coefficient (Wildman–Crippen LogP) is 1.56. The molecule has 2 aromatic heterocycles. The second-order valence-electron chi connectivity index (χ2n) is 6.33. The SMILES string of the molecule is CC(C)(C)NC(=O)CNC(=O)Cc1csc(NC(=O)c2ccco2)n1. The molecule has 3 N–H and O–H groups in total. The Bertz CT molecular complexity index is 747. The van der Waals surface area contributed by atoms with E-state index in [1.807, 2.05) is 20.8 Å². The summed E-state index contributed by atoms with van der Waals surface area (Å²) >= 11 is 1.21. The van der Waals surface area contributed by atoms with Gasteiger partial charge in [0, 0.05) is 10.9 Å². The van der Waals surface area contributed by atoms with Gasteiger partial charge in [-0.2, -0.15) is 0 Å². The summed E-state index contributed by atoms with van der Waals surface area (Å²) < 4.78 is 4.99. The van der Waals surface area contributed by atoms with Gasteiger partial charge in [0.05, 0.1) is 24.9 Å². The van der Waals surface area contributed by atoms with E-state index in [-0.39, 0.29) is 36.1 Å². The molecule has 0 aromatic carbocycles. The minimum atomic E-state index is -0.408. The van der Waals surface area contributed by atoms with E-state index < -0.39 is 5.91 Å². The van der Waals surface area contributed by atoms with Gasteiger partial charge in [-0.05, 0) is 32.9 Å². The largest absolute Gasteiger partial charge is 0.459 e. The predicted molar refractivity (Wildman–Crippen MR) is 93.4 cm³/mol. The van der Waals surface area contributed by atoms with E-state index >= 15 is 0 Å². The zero-order chi connectivity index (χ0) is 18.4. The number of carbonyl (C=O) groups is 3. The zero-order valence-electron chi connectivity index (χ0n) is 14.2. The second kappa shape index (κ2) is 7.93. The minimum absolute atomic E-state index is 0.0237. The lowest BCUT2D eigenvalue weighted by atomic mass is 10.1. The Morgan fingerprint density at radius 2 is 2.00 bits per heavy atom. The van der Waals surface area contributed by atoms with E-state index in [4.69, 9.17) is 4.42 Å². The van der Waals surface area contributed by atoms with Gasteiger partial charge in [-0.15, -0.1) is 11.3 Å². The quantitative estimate of drug-likeness (QED) is 0.720. The van der Waals surface area contributed by atoms with E-state index in [2.05, 4.69) is 20.9 Å². The molecule has 9 heteroatoms. The summed E-state index contributed by atoms with van der Waals surface area (Å²) in [6, 6.07) is 3.16. The average Bonchev–Trinajstić information content (AvgIpc) is 3.15. The van der Waals surface area contributed by atoms with Crippen LogP contribution in [0.25, 0.3) is 0 Å². The molecule has 0 aliphatic heterocycles. The number of carbonyl (C=O) groups excluding carboxylic acids is 3. The summed E-state index contributed by atoms with van der Waals surface area (Å²) in [5.41, 5.74) is 0.158. The summed E-state index contributed by atoms with van der Waals surface area (Å²) in [6.45, 7) is 5.49. The molecule has 0 fully saturated rings. The van der Waals surface area contributed by atoms with Gasteiger partial charge in [-0.25, -0.2) is 4.98 Å². The van der Waals surface area contributed by atoms with E-state index in [9.17, 15) is 14.4 Å². The molecule has 0 atom stereocenters. The molecule has 3 amide bonds. The molecule has 0 spiro atoms. The van der Waals surface area contributed by atoms with E-state index in [0.29, 0.717) is 10.8 Å². The fourth-order valence-electron chi connectivity index (χ4n) is 1.88. The van der Waals surface area contributed by atoms with Gasteiger partial charge in [0.15, 0.2) is 10.9 Å². The fraction of sp³-hybridized carbons (Fsp3) is 0.375. The van der Waals surface area contributed by atoms with Crippen molar-refractivity contribution in [1.29, 1.82) is 0 Å². The van der Waals surface area contributed by atoms with Crippen LogP contribution in [0, 0.1) is 0 Å². The maximum absolute atomic E-state index is 11.9. The molecule has 2 rings (SSSR count). The molecule has 0 saturated carbocycles. The number of hydrogen-bond acceptors (Lipinski definition) is 6. The molecule has 0 aliphatic rings. The molecule has 8 nitrogen and oxygen atoms in total. The van der Waals surface area contributed by atoms with Crippen LogP contribution in [-0.4, -0.2) is 34.8 Å². The number of thiazole rings is 1. The Labute approximate surface area is 149 Å². The van der Waals surface area contributed by atoms with Crippen LogP contribution in [0.2, 0.25) is 0 Å². The summed E-state index contributed by atoms with van der Waals surface area (Å²) in [6.07, 6.45) is 1.43. The number of hydrogen-bond donors (Lipinski definition) is 3. The first-order valence-corrected chi connectivity index (χ1v) is 8.48. The third-order valence-electron chi connectivity index (χ3n) is 2.82. The lowest BCUT2D eigenvalue weighted by Crippen LogP contribution is -2.46. The van der Waals surface area contributed by atoms with E-state index in [1.54, 1.807) is 17.5 Å². The molecule has 0 aliphatic carbocycles. The number of furan rings is 1. The van der Waals surface area contributed by atoms with Crippen LogP contribution in [0.3, 0.4) is 0 Å². The van der Waals surface area contributed by atoms with Gasteiger partial charge in [0.1, 0.15) is 0 Å². The van der Waals surface area contributed by atoms with Crippen molar-refractivity contribution in [2.24, 2.45) is 0 Å². The number of amides is 3. The van der Waals surface area contributed by atoms with Crippen LogP contribution >= 0.6 is 11.3 Å². The van der Waals surface area contributed by atoms with Crippen molar-refractivity contribution in [2.75, 3.05) is 11.9 Å². The van der Waals surface area contributed by atoms with E-state index in [0.717, 1.165) is 0 Å². The molecule has 134 valence electrons. The summed E-state index contributed by atoms with van der Waals surface area (Å²) in [4.78, 5) is 39.5. The Morgan fingerprint density at radius 1 is 1.24 bits per heavy atom. The first-order valence-electron chi connectivity index (χ1n) is 7.60. The van der Waals surface area contributed by atoms with Crippen molar-refractivity contribution < 1.29 is 18.8 Å². The van der Waals surface area contributed by atoms with Crippen molar-refractivity contribution in [3.05, 3.63) is 35.2 Å². The highest BCUT2D eigenvalue weighted by Crippen LogP contribution is 2.17. The number of rotatable bonds is 6. The minimum Gasteiger partial charge on any atom is -0.459 e. The lowest BCUT2D eigenvalue weighted by molar-refractivity contribution is -0.126. The van der Waals surface area contributed by atoms with Gasteiger partial charge in [-0.3, -0.25) is 19.7 Å². The van der Waals surface area contributed by atoms with Gasteiger partial charge in [-0.1, -0.05) is 0 Å². The monoisotopic (exact) mass is 364 g/mol. The van der Waals surface area contributed by atoms with Gasteiger partial charge in [0.25, 0.3) is 5.91 Å². The summed E-state index contributed by atoms with van der Waals surface area (Å²) in [7, 11) is 0. The van der Waals surface area contributed by atoms with Crippen molar-refractivity contribution in [3.63, 3.8) is 0 Å². The third kappa shape index (κ3) is 6.38. The normalized spacial score (nSPS) is 11.0. The first kappa shape index (κ1) is 18.7. The standard InChI is InChI=1S/C16H20N4O4S/c1-16(2,3)20-13(22)8-17-12(21)7-10-9-25-15(18-10)19-14(23)11-5-4-6-24-11/h4-6,9H,7-8H2,1-3H3,(H,17,21)(H,20,22)(H,18,19,23). The average molecular weight is 364 g/mol. The molecular formula is C16H20N4O4S. The molecule has 2 heterocycles. The molecular weight excluding hydrogens is 344 g/mol. The van der Waals surface area contributed by atoms with Crippen molar-refractivity contribution in [2.45, 2.75) is 32.7 Å². The maximum Gasteiger partial charge on any atom is 0.293 e. The van der Waals surface area contributed by atoms with Crippen molar-refractivity contribution in [3.8, 4) is 0 Å². The highest BCUT2D eigenvalue weighted by atomic mass is 32.1. The number of anilines is 1. The molecule has 0 bridgehead atoms. The summed E-state index contributed by atoms with van der Waals surface area (Å²) in [5, 5.41) is 9.93. The van der Waals surface area contributed by atoms with Gasteiger partial charge >= 0.3 is 0 Å². The molecule has 0 saturated heterocycles. The number of aromatic nitrogens is 1. The second-order valence-corrected chi connectivity index (χ2v) is 7.19. The highest BCUT2D eigenvalue weighted by molar-refractivity contribution is 7.14. The summed E-state index contributed by atoms with van der Waals surface area (Å²) in [5.74, 6) is -0.808. The van der Waals surface area contributed by atoms with Crippen LogP contribution < -0.4 is 16.0 Å². The van der Waals surface area contributed by atoms with Crippen LogP contribution in [-0.2, 0) is 16.0 Å². The van der Waals surface area contributed by atoms with Crippen LogP contribution in [0.15, 0.2) is 28.2 Å². The Morgan fingerprint density at radius 3 is 2.64 bits per heavy atom. The Kier molecular flexibility index (Phi) is 5.92. The van der Waals surface area contributed by atoms with Crippen LogP contribution in [0.4, 0.5) is 5.13 Å². The smallest absolute Gasteiger partial charge is 0.293 e. The Balaban J connectivity index is 1.79. The number of nitrogens with zero attached hydrogens (tertiary/aromatic N) is 1.